The summed E-state index contributed by atoms with van der Waals surface area (Å²) in [5.74, 6) is -1.14. The van der Waals surface area contributed by atoms with Crippen LogP contribution in [0.5, 0.6) is 5.75 Å². The Balaban J connectivity index is 2.20. The van der Waals surface area contributed by atoms with Crippen LogP contribution in [0.15, 0.2) is 78.3 Å². The first-order valence-corrected chi connectivity index (χ1v) is 8.67. The normalized spacial score (nSPS) is 11.6. The highest BCUT2D eigenvalue weighted by atomic mass is 19.3. The number of halogens is 2. The van der Waals surface area contributed by atoms with Crippen molar-refractivity contribution in [3.63, 3.8) is 0 Å². The summed E-state index contributed by atoms with van der Waals surface area (Å²) in [7, 11) is 1.24. The van der Waals surface area contributed by atoms with Gasteiger partial charge in [-0.05, 0) is 30.3 Å². The van der Waals surface area contributed by atoms with Gasteiger partial charge >= 0.3 is 6.61 Å². The SMILES string of the molecule is CO/C(=C/Nc1ccccc1OC(F)F)C(=O)C(=N)/C(=C/C=N)Nc1ccccc1. The van der Waals surface area contributed by atoms with E-state index in [2.05, 4.69) is 15.4 Å². The zero-order valence-corrected chi connectivity index (χ0v) is 16.0. The Labute approximate surface area is 172 Å². The number of carbonyl (C=O) groups excluding carboxylic acids is 1. The van der Waals surface area contributed by atoms with Crippen LogP contribution in [0.4, 0.5) is 20.2 Å². The predicted octanol–water partition coefficient (Wildman–Crippen LogP) is 4.42. The number of hydrogen-bond acceptors (Lipinski definition) is 7. The lowest BCUT2D eigenvalue weighted by Crippen LogP contribution is -2.23. The summed E-state index contributed by atoms with van der Waals surface area (Å²) < 4.78 is 34.6. The van der Waals surface area contributed by atoms with Crippen molar-refractivity contribution in [1.29, 1.82) is 10.8 Å². The molecule has 7 nitrogen and oxygen atoms in total. The molecule has 2 rings (SSSR count). The number of Topliss-reactive ketones (excluding diaryl/α,β-unsaturated/α-hetero) is 1. The van der Waals surface area contributed by atoms with Gasteiger partial charge in [0.15, 0.2) is 5.76 Å². The van der Waals surface area contributed by atoms with Gasteiger partial charge in [0, 0.05) is 18.1 Å². The number of rotatable bonds is 11. The van der Waals surface area contributed by atoms with E-state index >= 15 is 0 Å². The minimum atomic E-state index is -3.01. The number of allylic oxidation sites excluding steroid dienone is 3. The van der Waals surface area contributed by atoms with E-state index < -0.39 is 18.1 Å². The molecule has 0 bridgehead atoms. The van der Waals surface area contributed by atoms with Crippen LogP contribution in [-0.2, 0) is 9.53 Å². The molecule has 0 amide bonds. The number of ether oxygens (including phenoxy) is 2. The van der Waals surface area contributed by atoms with Crippen molar-refractivity contribution < 1.29 is 23.0 Å². The summed E-state index contributed by atoms with van der Waals surface area (Å²) in [6.45, 7) is -3.01. The maximum absolute atomic E-state index is 12.7. The fourth-order valence-corrected chi connectivity index (χ4v) is 2.34. The van der Waals surface area contributed by atoms with Gasteiger partial charge in [0.1, 0.15) is 11.5 Å². The second kappa shape index (κ2) is 11.1. The Morgan fingerprint density at radius 2 is 1.77 bits per heavy atom. The molecular formula is C21H20F2N4O3. The quantitative estimate of drug-likeness (QED) is 0.247. The highest BCUT2D eigenvalue weighted by Crippen LogP contribution is 2.25. The van der Waals surface area contributed by atoms with E-state index in [0.717, 1.165) is 12.4 Å². The largest absolute Gasteiger partial charge is 0.491 e. The third-order valence-corrected chi connectivity index (χ3v) is 3.70. The predicted molar refractivity (Wildman–Crippen MR) is 111 cm³/mol. The molecule has 0 aromatic heterocycles. The third-order valence-electron chi connectivity index (χ3n) is 3.70. The van der Waals surface area contributed by atoms with Crippen LogP contribution in [0, 0.1) is 10.8 Å². The molecule has 0 unspecified atom stereocenters. The summed E-state index contributed by atoms with van der Waals surface area (Å²) in [5, 5.41) is 21.1. The van der Waals surface area contributed by atoms with Crippen molar-refractivity contribution in [1.82, 2.24) is 0 Å². The molecule has 0 aliphatic carbocycles. The van der Waals surface area contributed by atoms with Gasteiger partial charge in [-0.3, -0.25) is 10.2 Å². The van der Waals surface area contributed by atoms with Crippen LogP contribution >= 0.6 is 0 Å². The molecule has 156 valence electrons. The van der Waals surface area contributed by atoms with Gasteiger partial charge in [0.25, 0.3) is 0 Å². The summed E-state index contributed by atoms with van der Waals surface area (Å²) in [4.78, 5) is 12.7. The van der Waals surface area contributed by atoms with Crippen molar-refractivity contribution in [3.8, 4) is 5.75 Å². The lowest BCUT2D eigenvalue weighted by atomic mass is 10.1. The molecule has 0 spiro atoms. The Morgan fingerprint density at radius 3 is 2.40 bits per heavy atom. The molecule has 0 saturated heterocycles. The molecule has 0 radical (unpaired) electrons. The summed E-state index contributed by atoms with van der Waals surface area (Å²) in [5.41, 5.74) is 0.451. The van der Waals surface area contributed by atoms with E-state index in [1.165, 1.54) is 31.4 Å². The molecule has 0 saturated carbocycles. The minimum absolute atomic E-state index is 0.0885. The van der Waals surface area contributed by atoms with E-state index in [0.29, 0.717) is 5.69 Å². The van der Waals surface area contributed by atoms with Crippen LogP contribution in [0.25, 0.3) is 0 Å². The van der Waals surface area contributed by atoms with Gasteiger partial charge in [-0.1, -0.05) is 30.3 Å². The van der Waals surface area contributed by atoms with Crippen LogP contribution in [0.2, 0.25) is 0 Å². The first kappa shape index (κ1) is 22.3. The number of benzene rings is 2. The van der Waals surface area contributed by atoms with E-state index in [9.17, 15) is 13.6 Å². The summed E-state index contributed by atoms with van der Waals surface area (Å²) >= 11 is 0. The Bertz CT molecular complexity index is 960. The minimum Gasteiger partial charge on any atom is -0.491 e. The van der Waals surface area contributed by atoms with E-state index in [4.69, 9.17) is 15.6 Å². The summed E-state index contributed by atoms with van der Waals surface area (Å²) in [6, 6.07) is 14.8. The standard InChI is InChI=1S/C21H20F2N4O3/c1-29-18(13-26-15-9-5-6-10-17(15)30-21(22)23)20(28)19(25)16(11-12-24)27-14-7-3-2-4-8-14/h2-13,21,24-27H,1H3/b16-11-,18-13+,24-12?,25-19?. The fourth-order valence-electron chi connectivity index (χ4n) is 2.34. The van der Waals surface area contributed by atoms with Crippen molar-refractivity contribution >= 4 is 29.1 Å². The molecule has 0 fully saturated rings. The molecule has 0 atom stereocenters. The molecule has 0 aliphatic heterocycles. The van der Waals surface area contributed by atoms with Crippen LogP contribution in [0.3, 0.4) is 0 Å². The average molecular weight is 414 g/mol. The van der Waals surface area contributed by atoms with Gasteiger partial charge in [0.2, 0.25) is 5.78 Å². The van der Waals surface area contributed by atoms with E-state index in [1.807, 2.05) is 6.07 Å². The summed E-state index contributed by atoms with van der Waals surface area (Å²) in [6.07, 6.45) is 3.36. The zero-order valence-electron chi connectivity index (χ0n) is 16.0. The van der Waals surface area contributed by atoms with Crippen LogP contribution in [-0.4, -0.2) is 31.4 Å². The van der Waals surface area contributed by atoms with Gasteiger partial charge in [-0.2, -0.15) is 8.78 Å². The smallest absolute Gasteiger partial charge is 0.387 e. The Hall–Kier alpha value is -4.01. The second-order valence-electron chi connectivity index (χ2n) is 5.67. The molecular weight excluding hydrogens is 394 g/mol. The Morgan fingerprint density at radius 1 is 1.10 bits per heavy atom. The Kier molecular flexibility index (Phi) is 8.25. The fraction of sp³-hybridized carbons (Fsp3) is 0.0952. The third kappa shape index (κ3) is 6.26. The van der Waals surface area contributed by atoms with E-state index in [1.54, 1.807) is 30.3 Å². The number of ketones is 1. The number of alkyl halides is 2. The number of methoxy groups -OCH3 is 1. The lowest BCUT2D eigenvalue weighted by molar-refractivity contribution is -0.112. The second-order valence-corrected chi connectivity index (χ2v) is 5.67. The van der Waals surface area contributed by atoms with Crippen molar-refractivity contribution in [3.05, 3.63) is 78.3 Å². The molecule has 4 N–H and O–H groups in total. The highest BCUT2D eigenvalue weighted by Gasteiger charge is 2.20. The molecule has 30 heavy (non-hydrogen) atoms. The monoisotopic (exact) mass is 414 g/mol. The van der Waals surface area contributed by atoms with Crippen LogP contribution in [0.1, 0.15) is 0 Å². The lowest BCUT2D eigenvalue weighted by Gasteiger charge is -2.13. The van der Waals surface area contributed by atoms with Crippen molar-refractivity contribution in [2.75, 3.05) is 17.7 Å². The molecule has 2 aromatic rings. The number of anilines is 2. The van der Waals surface area contributed by atoms with Crippen molar-refractivity contribution in [2.24, 2.45) is 0 Å². The topological polar surface area (TPSA) is 107 Å². The van der Waals surface area contributed by atoms with Crippen molar-refractivity contribution in [2.45, 2.75) is 6.61 Å². The van der Waals surface area contributed by atoms with Gasteiger partial charge in [-0.15, -0.1) is 0 Å². The maximum atomic E-state index is 12.7. The average Bonchev–Trinajstić information content (AvgIpc) is 2.74. The van der Waals surface area contributed by atoms with E-state index in [-0.39, 0.29) is 22.9 Å². The number of carbonyl (C=O) groups is 1. The molecule has 0 aliphatic rings. The molecule has 9 heteroatoms. The maximum Gasteiger partial charge on any atom is 0.387 e. The highest BCUT2D eigenvalue weighted by molar-refractivity contribution is 6.50. The first-order chi connectivity index (χ1) is 14.5. The number of para-hydroxylation sites is 3. The van der Waals surface area contributed by atoms with Gasteiger partial charge in [0.05, 0.1) is 18.5 Å². The van der Waals surface area contributed by atoms with Gasteiger partial charge in [-0.25, -0.2) is 0 Å². The zero-order chi connectivity index (χ0) is 21.9. The first-order valence-electron chi connectivity index (χ1n) is 8.67. The van der Waals surface area contributed by atoms with Gasteiger partial charge < -0.3 is 25.5 Å². The molecule has 0 heterocycles. The molecule has 2 aromatic carbocycles. The number of hydrogen-bond donors (Lipinski definition) is 4. The number of nitrogens with one attached hydrogen (secondary N) is 4. The van der Waals surface area contributed by atoms with Crippen LogP contribution < -0.4 is 15.4 Å².